The molecule has 0 aliphatic carbocycles. The number of hydrogen-bond donors (Lipinski definition) is 0. The predicted octanol–water partition coefficient (Wildman–Crippen LogP) is 1.88. The van der Waals surface area contributed by atoms with Gasteiger partial charge in [-0.25, -0.2) is 4.79 Å². The fourth-order valence-corrected chi connectivity index (χ4v) is 1.05. The molecular weight excluding hydrogens is 144 g/mol. The van der Waals surface area contributed by atoms with Crippen molar-refractivity contribution in [2.45, 2.75) is 25.4 Å². The highest BCUT2D eigenvalue weighted by molar-refractivity contribution is 5.60. The van der Waals surface area contributed by atoms with Crippen molar-refractivity contribution in [3.8, 4) is 0 Å². The Bertz CT molecular complexity index is 153. The zero-order chi connectivity index (χ0) is 8.10. The highest BCUT2D eigenvalue weighted by Crippen LogP contribution is 2.12. The molecule has 1 aliphatic rings. The molecule has 0 N–H and O–H groups in total. The average Bonchev–Trinajstić information content (AvgIpc) is 2.15. The molecule has 1 fully saturated rings. The van der Waals surface area contributed by atoms with Crippen LogP contribution in [0.25, 0.3) is 0 Å². The van der Waals surface area contributed by atoms with Gasteiger partial charge in [-0.05, 0) is 12.8 Å². The Morgan fingerprint density at radius 2 is 2.55 bits per heavy atom. The molecule has 0 bridgehead atoms. The summed E-state index contributed by atoms with van der Waals surface area (Å²) in [5.41, 5.74) is 0. The summed E-state index contributed by atoms with van der Waals surface area (Å²) in [5, 5.41) is 0. The van der Waals surface area contributed by atoms with Crippen LogP contribution in [-0.2, 0) is 9.47 Å². The van der Waals surface area contributed by atoms with Crippen LogP contribution >= 0.6 is 0 Å². The van der Waals surface area contributed by atoms with Gasteiger partial charge in [0, 0.05) is 6.42 Å². The van der Waals surface area contributed by atoms with Gasteiger partial charge in [-0.3, -0.25) is 0 Å². The van der Waals surface area contributed by atoms with E-state index in [9.17, 15) is 4.79 Å². The second kappa shape index (κ2) is 4.01. The van der Waals surface area contributed by atoms with Crippen molar-refractivity contribution in [3.63, 3.8) is 0 Å². The molecule has 3 heteroatoms. The molecule has 1 rings (SSSR count). The smallest absolute Gasteiger partial charge is 0.434 e. The zero-order valence-corrected chi connectivity index (χ0v) is 6.41. The normalized spacial score (nSPS) is 24.7. The molecule has 3 nitrogen and oxygen atoms in total. The summed E-state index contributed by atoms with van der Waals surface area (Å²) in [4.78, 5) is 10.7. The number of cyclic esters (lactones) is 2. The Hall–Kier alpha value is -0.990. The van der Waals surface area contributed by atoms with E-state index in [1.54, 1.807) is 6.08 Å². The Morgan fingerprint density at radius 3 is 3.27 bits per heavy atom. The van der Waals surface area contributed by atoms with Crippen LogP contribution in [0.5, 0.6) is 0 Å². The first-order valence-electron chi connectivity index (χ1n) is 3.77. The second-order valence-corrected chi connectivity index (χ2v) is 2.50. The summed E-state index contributed by atoms with van der Waals surface area (Å²) in [6, 6.07) is 0. The molecular formula is C8H12O3. The molecule has 62 valence electrons. The average molecular weight is 156 g/mol. The lowest BCUT2D eigenvalue weighted by atomic mass is 10.1. The number of carbonyl (C=O) groups excluding carboxylic acids is 1. The highest BCUT2D eigenvalue weighted by atomic mass is 16.7. The molecule has 0 aromatic carbocycles. The van der Waals surface area contributed by atoms with Gasteiger partial charge in [0.2, 0.25) is 0 Å². The second-order valence-electron chi connectivity index (χ2n) is 2.50. The fourth-order valence-electron chi connectivity index (χ4n) is 1.05. The maximum atomic E-state index is 10.7. The number of carbonyl (C=O) groups is 1. The fraction of sp³-hybridized carbons (Fsp3) is 0.625. The summed E-state index contributed by atoms with van der Waals surface area (Å²) in [7, 11) is 0. The van der Waals surface area contributed by atoms with E-state index in [0.717, 1.165) is 19.3 Å². The predicted molar refractivity (Wildman–Crippen MR) is 40.3 cm³/mol. The van der Waals surface area contributed by atoms with Crippen LogP contribution in [-0.4, -0.2) is 18.9 Å². The first-order valence-corrected chi connectivity index (χ1v) is 3.77. The number of ether oxygens (including phenoxy) is 2. The molecule has 1 heterocycles. The van der Waals surface area contributed by atoms with Crippen LogP contribution in [0.2, 0.25) is 0 Å². The van der Waals surface area contributed by atoms with Gasteiger partial charge in [0.1, 0.15) is 6.10 Å². The monoisotopic (exact) mass is 156 g/mol. The van der Waals surface area contributed by atoms with Crippen molar-refractivity contribution in [2.24, 2.45) is 0 Å². The van der Waals surface area contributed by atoms with E-state index >= 15 is 0 Å². The van der Waals surface area contributed by atoms with Crippen molar-refractivity contribution in [1.82, 2.24) is 0 Å². The first kappa shape index (κ1) is 8.11. The SMILES string of the molecule is C=CCC1CCCOC(=O)O1. The molecule has 1 aliphatic heterocycles. The molecule has 0 saturated carbocycles. The maximum Gasteiger partial charge on any atom is 0.508 e. The molecule has 0 radical (unpaired) electrons. The van der Waals surface area contributed by atoms with Gasteiger partial charge in [-0.2, -0.15) is 0 Å². The quantitative estimate of drug-likeness (QED) is 0.452. The van der Waals surface area contributed by atoms with Crippen molar-refractivity contribution < 1.29 is 14.3 Å². The van der Waals surface area contributed by atoms with E-state index in [1.165, 1.54) is 0 Å². The third-order valence-electron chi connectivity index (χ3n) is 1.58. The lowest BCUT2D eigenvalue weighted by molar-refractivity contribution is 0.0440. The zero-order valence-electron chi connectivity index (χ0n) is 6.41. The lowest BCUT2D eigenvalue weighted by Crippen LogP contribution is -2.14. The molecule has 1 atom stereocenters. The van der Waals surface area contributed by atoms with E-state index in [-0.39, 0.29) is 6.10 Å². The molecule has 0 aromatic rings. The van der Waals surface area contributed by atoms with Gasteiger partial charge in [0.05, 0.1) is 6.61 Å². The van der Waals surface area contributed by atoms with Crippen LogP contribution in [0.4, 0.5) is 4.79 Å². The Balaban J connectivity index is 2.38. The third-order valence-corrected chi connectivity index (χ3v) is 1.58. The van der Waals surface area contributed by atoms with Crippen LogP contribution in [0.15, 0.2) is 12.7 Å². The van der Waals surface area contributed by atoms with Crippen LogP contribution in [0, 0.1) is 0 Å². The lowest BCUT2D eigenvalue weighted by Gasteiger charge is -2.09. The largest absolute Gasteiger partial charge is 0.508 e. The third kappa shape index (κ3) is 2.62. The van der Waals surface area contributed by atoms with E-state index in [1.807, 2.05) is 0 Å². The van der Waals surface area contributed by atoms with Crippen molar-refractivity contribution in [1.29, 1.82) is 0 Å². The van der Waals surface area contributed by atoms with Gasteiger partial charge in [0.15, 0.2) is 0 Å². The van der Waals surface area contributed by atoms with Crippen molar-refractivity contribution in [3.05, 3.63) is 12.7 Å². The number of rotatable bonds is 2. The minimum absolute atomic E-state index is 0.0255. The van der Waals surface area contributed by atoms with E-state index in [2.05, 4.69) is 11.3 Å². The van der Waals surface area contributed by atoms with E-state index in [0.29, 0.717) is 6.61 Å². The van der Waals surface area contributed by atoms with Crippen LogP contribution in [0.3, 0.4) is 0 Å². The molecule has 0 spiro atoms. The highest BCUT2D eigenvalue weighted by Gasteiger charge is 2.17. The minimum Gasteiger partial charge on any atom is -0.434 e. The van der Waals surface area contributed by atoms with E-state index in [4.69, 9.17) is 4.74 Å². The van der Waals surface area contributed by atoms with Crippen LogP contribution in [0.1, 0.15) is 19.3 Å². The van der Waals surface area contributed by atoms with Crippen molar-refractivity contribution >= 4 is 6.16 Å². The summed E-state index contributed by atoms with van der Waals surface area (Å²) < 4.78 is 9.60. The van der Waals surface area contributed by atoms with Gasteiger partial charge in [0.25, 0.3) is 0 Å². The van der Waals surface area contributed by atoms with E-state index < -0.39 is 6.16 Å². The molecule has 1 unspecified atom stereocenters. The molecule has 11 heavy (non-hydrogen) atoms. The minimum atomic E-state index is -0.547. The van der Waals surface area contributed by atoms with Crippen LogP contribution < -0.4 is 0 Å². The Morgan fingerprint density at radius 1 is 1.73 bits per heavy atom. The summed E-state index contributed by atoms with van der Waals surface area (Å²) in [6.45, 7) is 4.06. The summed E-state index contributed by atoms with van der Waals surface area (Å²) in [6.07, 6.45) is 3.65. The topological polar surface area (TPSA) is 35.5 Å². The standard InChI is InChI=1S/C8H12O3/c1-2-4-7-5-3-6-10-8(9)11-7/h2,7H,1,3-6H2. The molecule has 0 amide bonds. The molecule has 0 aromatic heterocycles. The maximum absolute atomic E-state index is 10.7. The summed E-state index contributed by atoms with van der Waals surface area (Å²) in [5.74, 6) is 0. The molecule has 1 saturated heterocycles. The van der Waals surface area contributed by atoms with Gasteiger partial charge in [-0.1, -0.05) is 6.08 Å². The van der Waals surface area contributed by atoms with Gasteiger partial charge in [-0.15, -0.1) is 6.58 Å². The van der Waals surface area contributed by atoms with Crippen molar-refractivity contribution in [2.75, 3.05) is 6.61 Å². The Kier molecular flexibility index (Phi) is 2.95. The van der Waals surface area contributed by atoms with Gasteiger partial charge < -0.3 is 9.47 Å². The summed E-state index contributed by atoms with van der Waals surface area (Å²) >= 11 is 0. The number of hydrogen-bond acceptors (Lipinski definition) is 3. The first-order chi connectivity index (χ1) is 5.33. The van der Waals surface area contributed by atoms with Gasteiger partial charge >= 0.3 is 6.16 Å². The Labute approximate surface area is 66.0 Å².